The van der Waals surface area contributed by atoms with Gasteiger partial charge in [-0.05, 0) is 38.4 Å². The number of anilines is 1. The maximum Gasteiger partial charge on any atom is 0.0406 e. The van der Waals surface area contributed by atoms with Crippen LogP contribution in [0.3, 0.4) is 0 Å². The number of benzene rings is 5. The molecular weight excluding hydrogens is 278 g/mol. The van der Waals surface area contributed by atoms with Crippen molar-refractivity contribution in [2.45, 2.75) is 0 Å². The monoisotopic (exact) mass is 293 g/mol. The first kappa shape index (κ1) is 12.5. The van der Waals surface area contributed by atoms with Gasteiger partial charge < -0.3 is 5.73 Å². The Morgan fingerprint density at radius 3 is 1.61 bits per heavy atom. The summed E-state index contributed by atoms with van der Waals surface area (Å²) >= 11 is 0. The van der Waals surface area contributed by atoms with Crippen LogP contribution in [0.2, 0.25) is 0 Å². The topological polar surface area (TPSA) is 26.0 Å². The molecule has 0 aliphatic carbocycles. The summed E-state index contributed by atoms with van der Waals surface area (Å²) in [6.07, 6.45) is 0. The predicted molar refractivity (Wildman–Crippen MR) is 101 cm³/mol. The average Bonchev–Trinajstić information content (AvgIpc) is 2.61. The smallest absolute Gasteiger partial charge is 0.0406 e. The molecule has 5 aromatic rings. The number of hydrogen-bond donors (Lipinski definition) is 1. The lowest BCUT2D eigenvalue weighted by molar-refractivity contribution is 1.76. The van der Waals surface area contributed by atoms with Crippen LogP contribution in [-0.4, -0.2) is 0 Å². The van der Waals surface area contributed by atoms with E-state index >= 15 is 0 Å². The summed E-state index contributed by atoms with van der Waals surface area (Å²) in [5.74, 6) is 0. The SMILES string of the molecule is Nc1cc2ccccc2c2c3ccccc3c3ccccc3c12. The fourth-order valence-corrected chi connectivity index (χ4v) is 3.81. The van der Waals surface area contributed by atoms with Gasteiger partial charge in [0.15, 0.2) is 0 Å². The first-order valence-electron chi connectivity index (χ1n) is 7.85. The van der Waals surface area contributed by atoms with E-state index in [2.05, 4.69) is 78.9 Å². The van der Waals surface area contributed by atoms with Crippen molar-refractivity contribution in [3.63, 3.8) is 0 Å². The first-order valence-corrected chi connectivity index (χ1v) is 7.85. The molecule has 23 heavy (non-hydrogen) atoms. The molecule has 1 nitrogen and oxygen atoms in total. The number of fused-ring (bicyclic) bond motifs is 8. The van der Waals surface area contributed by atoms with Crippen molar-refractivity contribution in [2.75, 3.05) is 5.73 Å². The fraction of sp³-hybridized carbons (Fsp3) is 0. The lowest BCUT2D eigenvalue weighted by Gasteiger charge is -2.14. The average molecular weight is 293 g/mol. The van der Waals surface area contributed by atoms with E-state index in [0.29, 0.717) is 0 Å². The fourth-order valence-electron chi connectivity index (χ4n) is 3.81. The molecular formula is C22H15N. The van der Waals surface area contributed by atoms with Gasteiger partial charge in [-0.1, -0.05) is 72.8 Å². The molecule has 108 valence electrons. The minimum absolute atomic E-state index is 0.848. The maximum atomic E-state index is 6.48. The quantitative estimate of drug-likeness (QED) is 0.280. The largest absolute Gasteiger partial charge is 0.398 e. The van der Waals surface area contributed by atoms with Crippen molar-refractivity contribution in [1.29, 1.82) is 0 Å². The molecule has 0 bridgehead atoms. The summed E-state index contributed by atoms with van der Waals surface area (Å²) in [6.45, 7) is 0. The Labute approximate surface area is 133 Å². The van der Waals surface area contributed by atoms with Crippen molar-refractivity contribution >= 4 is 48.8 Å². The zero-order valence-corrected chi connectivity index (χ0v) is 12.6. The molecule has 0 saturated carbocycles. The molecule has 0 fully saturated rings. The molecule has 0 amide bonds. The van der Waals surface area contributed by atoms with Crippen LogP contribution in [0.4, 0.5) is 5.69 Å². The van der Waals surface area contributed by atoms with Crippen molar-refractivity contribution in [2.24, 2.45) is 0 Å². The standard InChI is InChI=1S/C22H15N/c23-20-13-14-7-1-2-8-15(14)21-18-11-5-3-9-16(18)17-10-4-6-12-19(17)22(20)21/h1-13H,23H2. The van der Waals surface area contributed by atoms with Crippen LogP contribution in [0.1, 0.15) is 0 Å². The Bertz CT molecular complexity index is 1220. The van der Waals surface area contributed by atoms with E-state index in [4.69, 9.17) is 5.73 Å². The van der Waals surface area contributed by atoms with Crippen LogP contribution < -0.4 is 5.73 Å². The second-order valence-corrected chi connectivity index (χ2v) is 6.03. The summed E-state index contributed by atoms with van der Waals surface area (Å²) in [4.78, 5) is 0. The Hall–Kier alpha value is -3.06. The normalized spacial score (nSPS) is 11.7. The van der Waals surface area contributed by atoms with Gasteiger partial charge in [-0.3, -0.25) is 0 Å². The van der Waals surface area contributed by atoms with Crippen molar-refractivity contribution in [3.8, 4) is 0 Å². The third kappa shape index (κ3) is 1.62. The highest BCUT2D eigenvalue weighted by Crippen LogP contribution is 2.41. The van der Waals surface area contributed by atoms with Crippen LogP contribution in [-0.2, 0) is 0 Å². The summed E-state index contributed by atoms with van der Waals surface area (Å²) in [6, 6.07) is 27.8. The van der Waals surface area contributed by atoms with Gasteiger partial charge in [0.1, 0.15) is 0 Å². The third-order valence-corrected chi connectivity index (χ3v) is 4.76. The molecule has 1 heteroatoms. The Balaban J connectivity index is 2.27. The van der Waals surface area contributed by atoms with Gasteiger partial charge in [-0.25, -0.2) is 0 Å². The van der Waals surface area contributed by atoms with Crippen LogP contribution in [0.5, 0.6) is 0 Å². The molecule has 0 spiro atoms. The summed E-state index contributed by atoms with van der Waals surface area (Å²) in [7, 11) is 0. The minimum Gasteiger partial charge on any atom is -0.398 e. The highest BCUT2D eigenvalue weighted by Gasteiger charge is 2.13. The molecule has 5 rings (SSSR count). The summed E-state index contributed by atoms with van der Waals surface area (Å²) < 4.78 is 0. The summed E-state index contributed by atoms with van der Waals surface area (Å²) in [5.41, 5.74) is 7.33. The van der Waals surface area contributed by atoms with Crippen molar-refractivity contribution in [3.05, 3.63) is 78.9 Å². The van der Waals surface area contributed by atoms with Gasteiger partial charge in [0, 0.05) is 16.5 Å². The molecule has 0 aliphatic rings. The predicted octanol–water partition coefficient (Wildman–Crippen LogP) is 5.88. The minimum atomic E-state index is 0.848. The zero-order chi connectivity index (χ0) is 15.4. The molecule has 0 saturated heterocycles. The molecule has 0 heterocycles. The Kier molecular flexibility index (Phi) is 2.42. The van der Waals surface area contributed by atoms with Crippen molar-refractivity contribution in [1.82, 2.24) is 0 Å². The molecule has 0 aliphatic heterocycles. The number of nitrogens with two attached hydrogens (primary N) is 1. The van der Waals surface area contributed by atoms with Crippen molar-refractivity contribution < 1.29 is 0 Å². The van der Waals surface area contributed by atoms with Gasteiger partial charge in [0.2, 0.25) is 0 Å². The van der Waals surface area contributed by atoms with E-state index in [9.17, 15) is 0 Å². The van der Waals surface area contributed by atoms with Gasteiger partial charge >= 0.3 is 0 Å². The van der Waals surface area contributed by atoms with Crippen LogP contribution in [0.15, 0.2) is 78.9 Å². The van der Waals surface area contributed by atoms with E-state index < -0.39 is 0 Å². The molecule has 0 radical (unpaired) electrons. The molecule has 5 aromatic carbocycles. The number of hydrogen-bond acceptors (Lipinski definition) is 1. The maximum absolute atomic E-state index is 6.48. The highest BCUT2D eigenvalue weighted by atomic mass is 14.6. The molecule has 0 unspecified atom stereocenters. The van der Waals surface area contributed by atoms with Gasteiger partial charge in [-0.15, -0.1) is 0 Å². The lowest BCUT2D eigenvalue weighted by atomic mass is 9.90. The molecule has 2 N–H and O–H groups in total. The first-order chi connectivity index (χ1) is 11.3. The van der Waals surface area contributed by atoms with Gasteiger partial charge in [-0.2, -0.15) is 0 Å². The van der Waals surface area contributed by atoms with Crippen LogP contribution >= 0.6 is 0 Å². The van der Waals surface area contributed by atoms with E-state index in [-0.39, 0.29) is 0 Å². The van der Waals surface area contributed by atoms with E-state index in [1.807, 2.05) is 0 Å². The lowest BCUT2D eigenvalue weighted by Crippen LogP contribution is -1.91. The van der Waals surface area contributed by atoms with E-state index in [0.717, 1.165) is 11.1 Å². The van der Waals surface area contributed by atoms with E-state index in [1.54, 1.807) is 0 Å². The van der Waals surface area contributed by atoms with E-state index in [1.165, 1.54) is 37.7 Å². The Morgan fingerprint density at radius 1 is 0.478 bits per heavy atom. The summed E-state index contributed by atoms with van der Waals surface area (Å²) in [5, 5.41) is 9.92. The second kappa shape index (κ2) is 4.47. The Morgan fingerprint density at radius 2 is 0.957 bits per heavy atom. The highest BCUT2D eigenvalue weighted by molar-refractivity contribution is 6.34. The van der Waals surface area contributed by atoms with Gasteiger partial charge in [0.05, 0.1) is 0 Å². The molecule has 0 atom stereocenters. The second-order valence-electron chi connectivity index (χ2n) is 6.03. The number of nitrogen functional groups attached to an aromatic ring is 1. The van der Waals surface area contributed by atoms with Crippen LogP contribution in [0.25, 0.3) is 43.1 Å². The van der Waals surface area contributed by atoms with Gasteiger partial charge in [0.25, 0.3) is 0 Å². The number of rotatable bonds is 0. The molecule has 0 aromatic heterocycles. The third-order valence-electron chi connectivity index (χ3n) is 4.76. The zero-order valence-electron chi connectivity index (χ0n) is 12.6. The van der Waals surface area contributed by atoms with Crippen LogP contribution in [0, 0.1) is 0 Å².